The van der Waals surface area contributed by atoms with Crippen LogP contribution in [0.4, 0.5) is 5.69 Å². The second-order valence-electron chi connectivity index (χ2n) is 6.30. The van der Waals surface area contributed by atoms with Crippen LogP contribution in [-0.2, 0) is 14.2 Å². The molecule has 1 rings (SSSR count). The molecule has 1 aromatic carbocycles. The minimum atomic E-state index is -1.07. The molecular weight excluding hydrogens is 314 g/mol. The zero-order chi connectivity index (χ0) is 18.5. The van der Waals surface area contributed by atoms with Crippen LogP contribution in [0, 0.1) is 0 Å². The molecule has 25 heavy (non-hydrogen) atoms. The zero-order valence-electron chi connectivity index (χ0n) is 16.3. The number of methoxy groups -OCH3 is 3. The first-order valence-electron chi connectivity index (χ1n) is 9.30. The Bertz CT molecular complexity index is 478. The number of benzene rings is 1. The monoisotopic (exact) mass is 349 g/mol. The van der Waals surface area contributed by atoms with Crippen molar-refractivity contribution < 1.29 is 14.2 Å². The van der Waals surface area contributed by atoms with E-state index in [0.29, 0.717) is 0 Å². The smallest absolute Gasteiger partial charge is 0.289 e. The summed E-state index contributed by atoms with van der Waals surface area (Å²) in [6, 6.07) is 8.25. The second kappa shape index (κ2) is 12.1. The summed E-state index contributed by atoms with van der Waals surface area (Å²) in [4.78, 5) is 0. The van der Waals surface area contributed by atoms with E-state index in [9.17, 15) is 0 Å². The van der Waals surface area contributed by atoms with Gasteiger partial charge < -0.3 is 19.5 Å². The molecule has 142 valence electrons. The third kappa shape index (κ3) is 6.46. The van der Waals surface area contributed by atoms with Crippen LogP contribution >= 0.6 is 0 Å². The lowest BCUT2D eigenvalue weighted by atomic mass is 9.90. The summed E-state index contributed by atoms with van der Waals surface area (Å²) >= 11 is 0. The Morgan fingerprint density at radius 3 is 2.28 bits per heavy atom. The van der Waals surface area contributed by atoms with E-state index < -0.39 is 5.97 Å². The first kappa shape index (κ1) is 21.7. The van der Waals surface area contributed by atoms with E-state index in [2.05, 4.69) is 31.0 Å². The molecule has 0 saturated carbocycles. The molecule has 1 unspecified atom stereocenters. The number of rotatable bonds is 14. The van der Waals surface area contributed by atoms with Crippen LogP contribution < -0.4 is 5.32 Å². The van der Waals surface area contributed by atoms with Crippen molar-refractivity contribution in [2.24, 2.45) is 0 Å². The Morgan fingerprint density at radius 1 is 1.04 bits per heavy atom. The van der Waals surface area contributed by atoms with E-state index in [1.807, 2.05) is 12.1 Å². The van der Waals surface area contributed by atoms with Gasteiger partial charge in [-0.3, -0.25) is 0 Å². The van der Waals surface area contributed by atoms with Crippen LogP contribution in [-0.4, -0.2) is 27.3 Å². The summed E-state index contributed by atoms with van der Waals surface area (Å²) in [5.74, 6) is -1.08. The Kier molecular flexibility index (Phi) is 10.5. The fourth-order valence-electron chi connectivity index (χ4n) is 3.32. The lowest BCUT2D eigenvalue weighted by Gasteiger charge is -2.37. The molecule has 4 nitrogen and oxygen atoms in total. The summed E-state index contributed by atoms with van der Waals surface area (Å²) < 4.78 is 17.0. The van der Waals surface area contributed by atoms with Gasteiger partial charge in [-0.15, -0.1) is 0 Å². The predicted octanol–water partition coefficient (Wildman–Crippen LogP) is 5.67. The quantitative estimate of drug-likeness (QED) is 0.347. The van der Waals surface area contributed by atoms with E-state index in [1.165, 1.54) is 32.1 Å². The van der Waals surface area contributed by atoms with Crippen molar-refractivity contribution in [3.63, 3.8) is 0 Å². The highest BCUT2D eigenvalue weighted by Gasteiger charge is 2.40. The highest BCUT2D eigenvalue weighted by atomic mass is 16.9. The molecule has 0 spiro atoms. The number of hydrogen-bond acceptors (Lipinski definition) is 4. The molecule has 1 N–H and O–H groups in total. The van der Waals surface area contributed by atoms with E-state index in [-0.39, 0.29) is 5.92 Å². The SMILES string of the molecule is C=CNc1cccc(C(CCCCCCCC)C(OC)(OC)OC)c1. The highest BCUT2D eigenvalue weighted by molar-refractivity contribution is 5.48. The Morgan fingerprint density at radius 2 is 1.68 bits per heavy atom. The number of hydrogen-bond donors (Lipinski definition) is 1. The van der Waals surface area contributed by atoms with Gasteiger partial charge in [0, 0.05) is 27.0 Å². The first-order chi connectivity index (χ1) is 12.2. The molecule has 0 bridgehead atoms. The fourth-order valence-corrected chi connectivity index (χ4v) is 3.32. The molecule has 1 atom stereocenters. The van der Waals surface area contributed by atoms with E-state index >= 15 is 0 Å². The number of unbranched alkanes of at least 4 members (excludes halogenated alkanes) is 5. The van der Waals surface area contributed by atoms with Gasteiger partial charge in [0.05, 0.1) is 5.92 Å². The van der Waals surface area contributed by atoms with Crippen molar-refractivity contribution in [1.29, 1.82) is 0 Å². The van der Waals surface area contributed by atoms with Gasteiger partial charge in [0.1, 0.15) is 0 Å². The third-order valence-corrected chi connectivity index (χ3v) is 4.68. The van der Waals surface area contributed by atoms with Crippen LogP contribution in [0.1, 0.15) is 63.4 Å². The van der Waals surface area contributed by atoms with Gasteiger partial charge >= 0.3 is 0 Å². The molecule has 0 radical (unpaired) electrons. The molecule has 0 saturated heterocycles. The second-order valence-corrected chi connectivity index (χ2v) is 6.30. The maximum Gasteiger partial charge on any atom is 0.289 e. The van der Waals surface area contributed by atoms with Gasteiger partial charge in [0.2, 0.25) is 0 Å². The standard InChI is InChI=1S/C21H35NO3/c1-6-8-9-10-11-12-16-20(21(23-3,24-4)25-5)18-14-13-15-19(17-18)22-7-2/h7,13-15,17,20,22H,2,6,8-12,16H2,1,3-5H3. The average Bonchev–Trinajstić information content (AvgIpc) is 2.65. The molecule has 0 amide bonds. The molecule has 0 fully saturated rings. The summed E-state index contributed by atoms with van der Waals surface area (Å²) in [5, 5.41) is 3.14. The van der Waals surface area contributed by atoms with Crippen molar-refractivity contribution >= 4 is 5.69 Å². The van der Waals surface area contributed by atoms with Gasteiger partial charge in [-0.05, 0) is 30.3 Å². The Labute approximate surface area is 153 Å². The van der Waals surface area contributed by atoms with Crippen molar-refractivity contribution in [3.05, 3.63) is 42.6 Å². The molecule has 0 aliphatic heterocycles. The van der Waals surface area contributed by atoms with E-state index in [4.69, 9.17) is 14.2 Å². The van der Waals surface area contributed by atoms with E-state index in [1.54, 1.807) is 27.5 Å². The Balaban J connectivity index is 2.91. The summed E-state index contributed by atoms with van der Waals surface area (Å²) in [7, 11) is 4.90. The van der Waals surface area contributed by atoms with Gasteiger partial charge in [-0.25, -0.2) is 0 Å². The summed E-state index contributed by atoms with van der Waals surface area (Å²) in [5.41, 5.74) is 2.13. The third-order valence-electron chi connectivity index (χ3n) is 4.68. The largest absolute Gasteiger partial charge is 0.362 e. The maximum atomic E-state index is 5.66. The van der Waals surface area contributed by atoms with Crippen molar-refractivity contribution in [3.8, 4) is 0 Å². The Hall–Kier alpha value is -1.36. The van der Waals surface area contributed by atoms with Crippen LogP contribution in [0.5, 0.6) is 0 Å². The number of anilines is 1. The van der Waals surface area contributed by atoms with Crippen molar-refractivity contribution in [1.82, 2.24) is 0 Å². The van der Waals surface area contributed by atoms with Gasteiger partial charge in [0.15, 0.2) is 0 Å². The van der Waals surface area contributed by atoms with Crippen LogP contribution in [0.25, 0.3) is 0 Å². The summed E-state index contributed by atoms with van der Waals surface area (Å²) in [6.07, 6.45) is 10.1. The molecule has 0 aliphatic rings. The summed E-state index contributed by atoms with van der Waals surface area (Å²) in [6.45, 7) is 5.97. The fraction of sp³-hybridized carbons (Fsp3) is 0.619. The normalized spacial score (nSPS) is 12.8. The highest BCUT2D eigenvalue weighted by Crippen LogP contribution is 2.38. The predicted molar refractivity (Wildman–Crippen MR) is 105 cm³/mol. The van der Waals surface area contributed by atoms with Gasteiger partial charge in [0.25, 0.3) is 5.97 Å². The van der Waals surface area contributed by atoms with Crippen molar-refractivity contribution in [2.45, 2.75) is 63.8 Å². The molecule has 0 aliphatic carbocycles. The van der Waals surface area contributed by atoms with Crippen molar-refractivity contribution in [2.75, 3.05) is 26.6 Å². The minimum Gasteiger partial charge on any atom is -0.362 e. The van der Waals surface area contributed by atoms with Crippen LogP contribution in [0.3, 0.4) is 0 Å². The van der Waals surface area contributed by atoms with Gasteiger partial charge in [-0.1, -0.05) is 64.2 Å². The molecular formula is C21H35NO3. The maximum absolute atomic E-state index is 5.66. The topological polar surface area (TPSA) is 39.7 Å². The molecule has 0 heterocycles. The molecule has 0 aromatic heterocycles. The van der Waals surface area contributed by atoms with Crippen LogP contribution in [0.2, 0.25) is 0 Å². The number of nitrogens with one attached hydrogen (secondary N) is 1. The molecule has 4 heteroatoms. The number of ether oxygens (including phenoxy) is 3. The minimum absolute atomic E-state index is 0.00904. The zero-order valence-corrected chi connectivity index (χ0v) is 16.3. The van der Waals surface area contributed by atoms with Gasteiger partial charge in [-0.2, -0.15) is 0 Å². The lowest BCUT2D eigenvalue weighted by molar-refractivity contribution is -0.365. The van der Waals surface area contributed by atoms with Crippen LogP contribution in [0.15, 0.2) is 37.0 Å². The molecule has 1 aromatic rings. The first-order valence-corrected chi connectivity index (χ1v) is 9.30. The average molecular weight is 350 g/mol. The lowest BCUT2D eigenvalue weighted by Crippen LogP contribution is -2.42. The van der Waals surface area contributed by atoms with E-state index in [0.717, 1.165) is 24.1 Å².